The van der Waals surface area contributed by atoms with Gasteiger partial charge in [-0.3, -0.25) is 14.3 Å². The monoisotopic (exact) mass is 326 g/mol. The third-order valence-electron chi connectivity index (χ3n) is 4.63. The third-order valence-corrected chi connectivity index (χ3v) is 4.63. The average Bonchev–Trinajstić information content (AvgIpc) is 3.03. The second-order valence-electron chi connectivity index (χ2n) is 6.22. The van der Waals surface area contributed by atoms with Crippen molar-refractivity contribution in [2.45, 2.75) is 25.0 Å². The molecule has 1 unspecified atom stereocenters. The molecular weight excluding hydrogens is 308 g/mol. The highest BCUT2D eigenvalue weighted by atomic mass is 16.5. The highest BCUT2D eigenvalue weighted by Gasteiger charge is 2.38. The maximum Gasteiger partial charge on any atom is 0.263 e. The van der Waals surface area contributed by atoms with Crippen LogP contribution in [0.2, 0.25) is 0 Å². The summed E-state index contributed by atoms with van der Waals surface area (Å²) in [5, 5.41) is 4.14. The van der Waals surface area contributed by atoms with Gasteiger partial charge >= 0.3 is 0 Å². The number of benzene rings is 1. The number of carbonyl (C=O) groups is 2. The minimum Gasteiger partial charge on any atom is -0.480 e. The standard InChI is InChI=1S/C17H18N4O3/c18-16(22)12-7-19-21(8-12)13-9-20(10-13)17(23)15-6-5-11-3-1-2-4-14(11)24-15/h1-4,7-8,13,15H,5-6,9-10H2,(H2,18,22). The molecule has 7 nitrogen and oxygen atoms in total. The zero-order chi connectivity index (χ0) is 16.7. The zero-order valence-corrected chi connectivity index (χ0v) is 13.1. The van der Waals surface area contributed by atoms with Gasteiger partial charge in [0.15, 0.2) is 6.10 Å². The van der Waals surface area contributed by atoms with Gasteiger partial charge in [0.25, 0.3) is 11.8 Å². The number of primary amides is 1. The highest BCUT2D eigenvalue weighted by Crippen LogP contribution is 2.30. The maximum atomic E-state index is 12.6. The molecule has 1 aromatic heterocycles. The van der Waals surface area contributed by atoms with Crippen LogP contribution in [0.5, 0.6) is 5.75 Å². The lowest BCUT2D eigenvalue weighted by Gasteiger charge is -2.41. The minimum absolute atomic E-state index is 0.0167. The number of carbonyl (C=O) groups excluding carboxylic acids is 2. The highest BCUT2D eigenvalue weighted by molar-refractivity contribution is 5.92. The number of hydrogen-bond donors (Lipinski definition) is 1. The summed E-state index contributed by atoms with van der Waals surface area (Å²) in [6.07, 6.45) is 4.21. The lowest BCUT2D eigenvalue weighted by molar-refractivity contribution is -0.145. The van der Waals surface area contributed by atoms with Crippen molar-refractivity contribution in [1.29, 1.82) is 0 Å². The summed E-state index contributed by atoms with van der Waals surface area (Å²) in [6.45, 7) is 1.14. The van der Waals surface area contributed by atoms with E-state index in [0.29, 0.717) is 25.1 Å². The molecule has 124 valence electrons. The molecule has 1 aromatic carbocycles. The zero-order valence-electron chi connectivity index (χ0n) is 13.1. The van der Waals surface area contributed by atoms with E-state index in [2.05, 4.69) is 5.10 Å². The second kappa shape index (κ2) is 5.67. The number of para-hydroxylation sites is 1. The molecule has 7 heteroatoms. The molecule has 0 bridgehead atoms. The summed E-state index contributed by atoms with van der Waals surface area (Å²) in [6, 6.07) is 7.92. The molecule has 2 aromatic rings. The van der Waals surface area contributed by atoms with Crippen LogP contribution >= 0.6 is 0 Å². The number of nitrogens with zero attached hydrogens (tertiary/aromatic N) is 3. The normalized spacial score (nSPS) is 20.0. The Morgan fingerprint density at radius 3 is 2.79 bits per heavy atom. The van der Waals surface area contributed by atoms with Crippen molar-refractivity contribution in [3.8, 4) is 5.75 Å². The number of fused-ring (bicyclic) bond motifs is 1. The molecule has 1 atom stereocenters. The Balaban J connectivity index is 1.37. The first-order chi connectivity index (χ1) is 11.6. The van der Waals surface area contributed by atoms with Crippen LogP contribution in [0.1, 0.15) is 28.4 Å². The maximum absolute atomic E-state index is 12.6. The topological polar surface area (TPSA) is 90.5 Å². The van der Waals surface area contributed by atoms with Crippen LogP contribution in [-0.4, -0.2) is 45.7 Å². The van der Waals surface area contributed by atoms with Crippen molar-refractivity contribution in [3.63, 3.8) is 0 Å². The summed E-state index contributed by atoms with van der Waals surface area (Å²) in [5.74, 6) is 0.322. The number of likely N-dealkylation sites (tertiary alicyclic amines) is 1. The molecule has 4 rings (SSSR count). The van der Waals surface area contributed by atoms with Crippen LogP contribution in [-0.2, 0) is 11.2 Å². The van der Waals surface area contributed by atoms with Gasteiger partial charge in [0.2, 0.25) is 0 Å². The van der Waals surface area contributed by atoms with Crippen molar-refractivity contribution in [3.05, 3.63) is 47.8 Å². The second-order valence-corrected chi connectivity index (χ2v) is 6.22. The fourth-order valence-electron chi connectivity index (χ4n) is 3.17. The number of amides is 2. The van der Waals surface area contributed by atoms with E-state index in [4.69, 9.17) is 10.5 Å². The average molecular weight is 326 g/mol. The Kier molecular flexibility index (Phi) is 3.48. The molecule has 0 aliphatic carbocycles. The van der Waals surface area contributed by atoms with Gasteiger partial charge in [-0.15, -0.1) is 0 Å². The van der Waals surface area contributed by atoms with E-state index in [1.807, 2.05) is 24.3 Å². The van der Waals surface area contributed by atoms with Gasteiger partial charge in [-0.2, -0.15) is 5.10 Å². The fourth-order valence-corrected chi connectivity index (χ4v) is 3.17. The van der Waals surface area contributed by atoms with E-state index < -0.39 is 12.0 Å². The molecule has 24 heavy (non-hydrogen) atoms. The molecule has 1 fully saturated rings. The summed E-state index contributed by atoms with van der Waals surface area (Å²) in [7, 11) is 0. The summed E-state index contributed by atoms with van der Waals surface area (Å²) >= 11 is 0. The van der Waals surface area contributed by atoms with Gasteiger partial charge in [-0.1, -0.05) is 18.2 Å². The number of aryl methyl sites for hydroxylation is 1. The molecule has 2 aliphatic heterocycles. The number of nitrogens with two attached hydrogens (primary N) is 1. The van der Waals surface area contributed by atoms with Gasteiger partial charge in [0.1, 0.15) is 5.75 Å². The Bertz CT molecular complexity index is 795. The SMILES string of the molecule is NC(=O)c1cnn(C2CN(C(=O)C3CCc4ccccc4O3)C2)c1. The van der Waals surface area contributed by atoms with E-state index in [9.17, 15) is 9.59 Å². The lowest BCUT2D eigenvalue weighted by Crippen LogP contribution is -2.55. The molecule has 2 aliphatic rings. The summed E-state index contributed by atoms with van der Waals surface area (Å²) < 4.78 is 7.55. The van der Waals surface area contributed by atoms with Crippen molar-refractivity contribution in [2.24, 2.45) is 5.73 Å². The van der Waals surface area contributed by atoms with E-state index in [-0.39, 0.29) is 11.9 Å². The molecule has 2 N–H and O–H groups in total. The van der Waals surface area contributed by atoms with Gasteiger partial charge in [-0.05, 0) is 24.5 Å². The van der Waals surface area contributed by atoms with Crippen LogP contribution < -0.4 is 10.5 Å². The Morgan fingerprint density at radius 2 is 2.04 bits per heavy atom. The van der Waals surface area contributed by atoms with Crippen LogP contribution in [0.25, 0.3) is 0 Å². The molecule has 0 radical (unpaired) electrons. The molecular formula is C17H18N4O3. The van der Waals surface area contributed by atoms with Gasteiger partial charge in [-0.25, -0.2) is 0 Å². The van der Waals surface area contributed by atoms with E-state index in [0.717, 1.165) is 17.7 Å². The minimum atomic E-state index is -0.497. The Hall–Kier alpha value is -2.83. The number of rotatable bonds is 3. The van der Waals surface area contributed by atoms with Crippen molar-refractivity contribution in [2.75, 3.05) is 13.1 Å². The lowest BCUT2D eigenvalue weighted by atomic mass is 10.00. The van der Waals surface area contributed by atoms with Gasteiger partial charge in [0, 0.05) is 19.3 Å². The molecule has 1 saturated heterocycles. The molecule has 0 saturated carbocycles. The Labute approximate surface area is 139 Å². The quantitative estimate of drug-likeness (QED) is 0.901. The summed E-state index contributed by atoms with van der Waals surface area (Å²) in [4.78, 5) is 25.5. The van der Waals surface area contributed by atoms with E-state index >= 15 is 0 Å². The van der Waals surface area contributed by atoms with Crippen LogP contribution in [0.4, 0.5) is 0 Å². The number of ether oxygens (including phenoxy) is 1. The van der Waals surface area contributed by atoms with Crippen molar-refractivity contribution < 1.29 is 14.3 Å². The van der Waals surface area contributed by atoms with E-state index in [1.54, 1.807) is 15.8 Å². The number of aromatic nitrogens is 2. The Morgan fingerprint density at radius 1 is 1.25 bits per heavy atom. The largest absolute Gasteiger partial charge is 0.480 e. The first-order valence-corrected chi connectivity index (χ1v) is 7.99. The predicted molar refractivity (Wildman–Crippen MR) is 85.5 cm³/mol. The van der Waals surface area contributed by atoms with Crippen molar-refractivity contribution >= 4 is 11.8 Å². The predicted octanol–water partition coefficient (Wildman–Crippen LogP) is 0.759. The van der Waals surface area contributed by atoms with Crippen LogP contribution in [0, 0.1) is 0 Å². The van der Waals surface area contributed by atoms with Gasteiger partial charge < -0.3 is 15.4 Å². The van der Waals surface area contributed by atoms with Crippen LogP contribution in [0.3, 0.4) is 0 Å². The molecule has 0 spiro atoms. The van der Waals surface area contributed by atoms with Crippen molar-refractivity contribution in [1.82, 2.24) is 14.7 Å². The first kappa shape index (κ1) is 14.7. The summed E-state index contributed by atoms with van der Waals surface area (Å²) in [5.41, 5.74) is 6.76. The number of hydrogen-bond acceptors (Lipinski definition) is 4. The first-order valence-electron chi connectivity index (χ1n) is 7.99. The molecule has 2 amide bonds. The smallest absolute Gasteiger partial charge is 0.263 e. The van der Waals surface area contributed by atoms with Crippen LogP contribution in [0.15, 0.2) is 36.7 Å². The fraction of sp³-hybridized carbons (Fsp3) is 0.353. The third kappa shape index (κ3) is 2.51. The van der Waals surface area contributed by atoms with Gasteiger partial charge in [0.05, 0.1) is 17.8 Å². The molecule has 3 heterocycles. The van der Waals surface area contributed by atoms with E-state index in [1.165, 1.54) is 6.20 Å².